The molecule has 0 saturated heterocycles. The van der Waals surface area contributed by atoms with E-state index in [0.29, 0.717) is 24.4 Å². The summed E-state index contributed by atoms with van der Waals surface area (Å²) in [5, 5.41) is 20.8. The van der Waals surface area contributed by atoms with Crippen molar-refractivity contribution in [3.63, 3.8) is 0 Å². The van der Waals surface area contributed by atoms with Crippen LogP contribution in [0.15, 0.2) is 18.6 Å². The summed E-state index contributed by atoms with van der Waals surface area (Å²) in [5.41, 5.74) is -0.0809. The number of carbonyl (C=O) groups is 2. The van der Waals surface area contributed by atoms with Crippen molar-refractivity contribution >= 4 is 17.7 Å². The van der Waals surface area contributed by atoms with Crippen molar-refractivity contribution in [2.45, 2.75) is 24.8 Å². The van der Waals surface area contributed by atoms with Gasteiger partial charge in [0.2, 0.25) is 0 Å². The molecular weight excluding hydrogens is 276 g/mol. The van der Waals surface area contributed by atoms with Crippen molar-refractivity contribution in [1.29, 1.82) is 0 Å². The van der Waals surface area contributed by atoms with Crippen LogP contribution in [0.3, 0.4) is 0 Å². The monoisotopic (exact) mass is 290 g/mol. The van der Waals surface area contributed by atoms with Crippen molar-refractivity contribution in [3.8, 4) is 0 Å². The molecule has 0 aliphatic heterocycles. The summed E-state index contributed by atoms with van der Waals surface area (Å²) in [6.45, 7) is 0. The van der Waals surface area contributed by atoms with E-state index in [0.717, 1.165) is 6.42 Å². The molecule has 9 heteroatoms. The second-order valence-electron chi connectivity index (χ2n) is 4.95. The molecule has 0 spiro atoms. The number of hydrogen-bond donors (Lipinski definition) is 5. The summed E-state index contributed by atoms with van der Waals surface area (Å²) >= 11 is 0. The molecule has 9 nitrogen and oxygen atoms in total. The normalized spacial score (nSPS) is 16.0. The van der Waals surface area contributed by atoms with Crippen LogP contribution in [0.4, 0.5) is 10.5 Å². The van der Waals surface area contributed by atoms with Crippen molar-refractivity contribution < 1.29 is 14.7 Å². The third-order valence-corrected chi connectivity index (χ3v) is 3.58. The van der Waals surface area contributed by atoms with Gasteiger partial charge in [0.15, 0.2) is 0 Å². The number of urea groups is 1. The molecule has 2 heterocycles. The molecule has 1 aliphatic rings. The standard InChI is InChI=1S/C12H14N6O3/c19-9(20)8-6-13-10(17-8)12(2-1-3-12)18-11(21)16-7-4-14-15-5-7/h4-6H,1-3H2,(H,13,17)(H,14,15)(H,19,20)(H2,16,18,21). The number of carboxylic acids is 1. The molecule has 1 fully saturated rings. The lowest BCUT2D eigenvalue weighted by atomic mass is 9.76. The first-order chi connectivity index (χ1) is 10.1. The molecule has 0 bridgehead atoms. The fourth-order valence-corrected chi connectivity index (χ4v) is 2.32. The number of rotatable bonds is 4. The van der Waals surface area contributed by atoms with E-state index in [-0.39, 0.29) is 11.7 Å². The molecule has 1 saturated carbocycles. The lowest BCUT2D eigenvalue weighted by Crippen LogP contribution is -2.52. The maximum Gasteiger partial charge on any atom is 0.353 e. The summed E-state index contributed by atoms with van der Waals surface area (Å²) in [6, 6.07) is -0.385. The number of aromatic nitrogens is 4. The third kappa shape index (κ3) is 2.45. The van der Waals surface area contributed by atoms with Crippen LogP contribution in [0.2, 0.25) is 0 Å². The number of nitrogens with zero attached hydrogens (tertiary/aromatic N) is 2. The predicted molar refractivity (Wildman–Crippen MR) is 71.8 cm³/mol. The molecule has 0 radical (unpaired) electrons. The minimum absolute atomic E-state index is 0.00770. The van der Waals surface area contributed by atoms with Gasteiger partial charge in [0.05, 0.1) is 23.6 Å². The maximum absolute atomic E-state index is 12.0. The van der Waals surface area contributed by atoms with Gasteiger partial charge in [0, 0.05) is 6.20 Å². The highest BCUT2D eigenvalue weighted by molar-refractivity contribution is 5.89. The Hall–Kier alpha value is -2.84. The summed E-state index contributed by atoms with van der Waals surface area (Å²) in [7, 11) is 0. The van der Waals surface area contributed by atoms with Gasteiger partial charge in [-0.05, 0) is 19.3 Å². The van der Waals surface area contributed by atoms with E-state index in [1.807, 2.05) is 0 Å². The molecule has 2 aromatic rings. The Morgan fingerprint density at radius 3 is 2.67 bits per heavy atom. The van der Waals surface area contributed by atoms with Gasteiger partial charge < -0.3 is 20.7 Å². The lowest BCUT2D eigenvalue weighted by Gasteiger charge is -2.40. The maximum atomic E-state index is 12.0. The Kier molecular flexibility index (Phi) is 3.09. The van der Waals surface area contributed by atoms with Crippen LogP contribution < -0.4 is 10.6 Å². The van der Waals surface area contributed by atoms with Gasteiger partial charge in [-0.1, -0.05) is 0 Å². The number of amides is 2. The molecule has 0 atom stereocenters. The molecular formula is C12H14N6O3. The average molecular weight is 290 g/mol. The van der Waals surface area contributed by atoms with Gasteiger partial charge in [-0.2, -0.15) is 5.10 Å². The summed E-state index contributed by atoms with van der Waals surface area (Å²) < 4.78 is 0. The van der Waals surface area contributed by atoms with Crippen molar-refractivity contribution in [1.82, 2.24) is 25.5 Å². The summed E-state index contributed by atoms with van der Waals surface area (Å²) in [6.07, 6.45) is 6.66. The van der Waals surface area contributed by atoms with Crippen molar-refractivity contribution in [3.05, 3.63) is 30.1 Å². The molecule has 0 unspecified atom stereocenters. The van der Waals surface area contributed by atoms with Crippen LogP contribution in [0.25, 0.3) is 0 Å². The minimum Gasteiger partial charge on any atom is -0.477 e. The zero-order valence-corrected chi connectivity index (χ0v) is 11.0. The number of carbonyl (C=O) groups excluding carboxylic acids is 1. The number of imidazole rings is 1. The van der Waals surface area contributed by atoms with E-state index in [9.17, 15) is 9.59 Å². The minimum atomic E-state index is -1.08. The molecule has 2 amide bonds. The Bertz CT molecular complexity index is 658. The molecule has 1 aliphatic carbocycles. The van der Waals surface area contributed by atoms with Crippen LogP contribution in [0.1, 0.15) is 35.6 Å². The highest BCUT2D eigenvalue weighted by Gasteiger charge is 2.43. The molecule has 110 valence electrons. The highest BCUT2D eigenvalue weighted by Crippen LogP contribution is 2.39. The average Bonchev–Trinajstić information content (AvgIpc) is 3.04. The lowest BCUT2D eigenvalue weighted by molar-refractivity contribution is 0.0690. The first-order valence-electron chi connectivity index (χ1n) is 6.46. The van der Waals surface area contributed by atoms with E-state index in [1.54, 1.807) is 6.20 Å². The van der Waals surface area contributed by atoms with E-state index in [1.165, 1.54) is 12.4 Å². The van der Waals surface area contributed by atoms with Crippen LogP contribution in [-0.2, 0) is 5.54 Å². The Balaban J connectivity index is 1.73. The summed E-state index contributed by atoms with van der Waals surface area (Å²) in [5.74, 6) is -0.612. The molecule has 3 rings (SSSR count). The highest BCUT2D eigenvalue weighted by atomic mass is 16.4. The Labute approximate surface area is 119 Å². The second-order valence-corrected chi connectivity index (χ2v) is 4.95. The van der Waals surface area contributed by atoms with Crippen LogP contribution in [-0.4, -0.2) is 37.3 Å². The number of hydrogen-bond acceptors (Lipinski definition) is 4. The number of H-pyrrole nitrogens is 2. The van der Waals surface area contributed by atoms with Crippen molar-refractivity contribution in [2.24, 2.45) is 0 Å². The predicted octanol–water partition coefficient (Wildman–Crippen LogP) is 1.03. The zero-order valence-electron chi connectivity index (χ0n) is 11.0. The fraction of sp³-hybridized carbons (Fsp3) is 0.333. The Morgan fingerprint density at radius 2 is 2.14 bits per heavy atom. The molecule has 5 N–H and O–H groups in total. The Morgan fingerprint density at radius 1 is 1.33 bits per heavy atom. The van der Waals surface area contributed by atoms with Crippen LogP contribution in [0.5, 0.6) is 0 Å². The van der Waals surface area contributed by atoms with Gasteiger partial charge >= 0.3 is 12.0 Å². The smallest absolute Gasteiger partial charge is 0.353 e. The SMILES string of the molecule is O=C(Nc1cn[nH]c1)NC1(c2ncc(C(=O)O)[nH]2)CCC1. The zero-order chi connectivity index (χ0) is 14.9. The van der Waals surface area contributed by atoms with Crippen LogP contribution in [0, 0.1) is 0 Å². The first kappa shape index (κ1) is 13.2. The van der Waals surface area contributed by atoms with Gasteiger partial charge in [0.25, 0.3) is 0 Å². The van der Waals surface area contributed by atoms with Crippen molar-refractivity contribution in [2.75, 3.05) is 5.32 Å². The third-order valence-electron chi connectivity index (χ3n) is 3.58. The van der Waals surface area contributed by atoms with Gasteiger partial charge in [-0.25, -0.2) is 14.6 Å². The first-order valence-corrected chi connectivity index (χ1v) is 6.46. The largest absolute Gasteiger partial charge is 0.477 e. The fourth-order valence-electron chi connectivity index (χ4n) is 2.32. The number of aromatic carboxylic acids is 1. The van der Waals surface area contributed by atoms with Gasteiger partial charge in [-0.3, -0.25) is 5.10 Å². The second kappa shape index (κ2) is 4.93. The van der Waals surface area contributed by atoms with Crippen LogP contribution >= 0.6 is 0 Å². The molecule has 0 aromatic carbocycles. The number of aromatic amines is 2. The number of anilines is 1. The van der Waals surface area contributed by atoms with E-state index >= 15 is 0 Å². The number of carboxylic acid groups (broad SMARTS) is 1. The van der Waals surface area contributed by atoms with E-state index in [4.69, 9.17) is 5.11 Å². The molecule has 2 aromatic heterocycles. The van der Waals surface area contributed by atoms with Gasteiger partial charge in [0.1, 0.15) is 11.5 Å². The topological polar surface area (TPSA) is 136 Å². The summed E-state index contributed by atoms with van der Waals surface area (Å²) in [4.78, 5) is 29.7. The van der Waals surface area contributed by atoms with Gasteiger partial charge in [-0.15, -0.1) is 0 Å². The quantitative estimate of drug-likeness (QED) is 0.573. The molecule has 21 heavy (non-hydrogen) atoms. The number of nitrogens with one attached hydrogen (secondary N) is 4. The van der Waals surface area contributed by atoms with E-state index < -0.39 is 11.5 Å². The van der Waals surface area contributed by atoms with E-state index in [2.05, 4.69) is 30.8 Å².